The van der Waals surface area contributed by atoms with Gasteiger partial charge in [0.05, 0.1) is 0 Å². The molecule has 116 valence electrons. The van der Waals surface area contributed by atoms with Crippen LogP contribution in [0.4, 0.5) is 0 Å². The Balaban J connectivity index is 2.22. The molecule has 2 N–H and O–H groups in total. The Bertz CT molecular complexity index is 556. The van der Waals surface area contributed by atoms with Gasteiger partial charge in [0.15, 0.2) is 0 Å². The highest BCUT2D eigenvalue weighted by atomic mass is 16.3. The molecule has 3 unspecified atom stereocenters. The summed E-state index contributed by atoms with van der Waals surface area (Å²) in [5, 5.41) is 14.5. The third-order valence-electron chi connectivity index (χ3n) is 5.63. The summed E-state index contributed by atoms with van der Waals surface area (Å²) in [7, 11) is 2.05. The van der Waals surface area contributed by atoms with Crippen LogP contribution in [-0.2, 0) is 5.41 Å². The molecule has 2 heteroatoms. The van der Waals surface area contributed by atoms with Crippen LogP contribution >= 0.6 is 0 Å². The Morgan fingerprint density at radius 1 is 1.14 bits per heavy atom. The molecule has 0 radical (unpaired) electrons. The average Bonchev–Trinajstić information content (AvgIpc) is 2.76. The molecule has 0 spiro atoms. The first kappa shape index (κ1) is 14.9. The van der Waals surface area contributed by atoms with Gasteiger partial charge in [-0.3, -0.25) is 0 Å². The van der Waals surface area contributed by atoms with E-state index in [4.69, 9.17) is 0 Å². The number of phenolic OH excluding ortho intramolecular Hbond substituents is 1. The van der Waals surface area contributed by atoms with Crippen LogP contribution in [0.3, 0.4) is 0 Å². The van der Waals surface area contributed by atoms with Gasteiger partial charge in [0, 0.05) is 11.6 Å². The fourth-order valence-corrected chi connectivity index (χ4v) is 4.72. The maximum absolute atomic E-state index is 11.0. The fourth-order valence-electron chi connectivity index (χ4n) is 4.72. The van der Waals surface area contributed by atoms with Gasteiger partial charge in [-0.2, -0.15) is 0 Å². The van der Waals surface area contributed by atoms with Gasteiger partial charge >= 0.3 is 0 Å². The predicted octanol–water partition coefficient (Wildman–Crippen LogP) is 4.55. The molecule has 1 fully saturated rings. The van der Waals surface area contributed by atoms with E-state index in [1.165, 1.54) is 42.4 Å². The largest absolute Gasteiger partial charge is 0.507 e. The van der Waals surface area contributed by atoms with Crippen molar-refractivity contribution < 1.29 is 5.11 Å². The molecule has 0 saturated heterocycles. The van der Waals surface area contributed by atoms with E-state index < -0.39 is 0 Å². The lowest BCUT2D eigenvalue weighted by molar-refractivity contribution is 0.269. The van der Waals surface area contributed by atoms with Gasteiger partial charge in [-0.05, 0) is 60.8 Å². The van der Waals surface area contributed by atoms with Gasteiger partial charge < -0.3 is 10.4 Å². The minimum absolute atomic E-state index is 0.0179. The quantitative estimate of drug-likeness (QED) is 0.794. The first-order valence-electron chi connectivity index (χ1n) is 8.40. The van der Waals surface area contributed by atoms with Crippen molar-refractivity contribution in [3.05, 3.63) is 28.3 Å². The maximum atomic E-state index is 11.0. The molecule has 1 aromatic rings. The lowest BCUT2D eigenvalue weighted by Gasteiger charge is -2.29. The predicted molar refractivity (Wildman–Crippen MR) is 88.0 cm³/mol. The van der Waals surface area contributed by atoms with Gasteiger partial charge in [0.25, 0.3) is 0 Å². The molecule has 3 atom stereocenters. The second-order valence-corrected chi connectivity index (χ2v) is 7.99. The van der Waals surface area contributed by atoms with Crippen LogP contribution in [0, 0.1) is 12.8 Å². The van der Waals surface area contributed by atoms with Crippen molar-refractivity contribution in [2.24, 2.45) is 5.92 Å². The molecule has 1 aromatic carbocycles. The minimum Gasteiger partial charge on any atom is -0.507 e. The zero-order valence-corrected chi connectivity index (χ0v) is 14.1. The average molecular weight is 287 g/mol. The van der Waals surface area contributed by atoms with E-state index in [-0.39, 0.29) is 5.41 Å². The number of nitrogens with one attached hydrogen (secondary N) is 1. The summed E-state index contributed by atoms with van der Waals surface area (Å²) in [5.74, 6) is 1.86. The Morgan fingerprint density at radius 3 is 2.43 bits per heavy atom. The lowest BCUT2D eigenvalue weighted by Crippen LogP contribution is -2.25. The van der Waals surface area contributed by atoms with E-state index in [1.807, 2.05) is 7.05 Å². The summed E-state index contributed by atoms with van der Waals surface area (Å²) < 4.78 is 0. The van der Waals surface area contributed by atoms with Crippen LogP contribution in [0.25, 0.3) is 0 Å². The van der Waals surface area contributed by atoms with E-state index >= 15 is 0 Å². The molecule has 3 rings (SSSR count). The number of benzene rings is 1. The molecule has 2 aliphatic carbocycles. The molecule has 0 bridgehead atoms. The first-order valence-corrected chi connectivity index (χ1v) is 8.40. The maximum Gasteiger partial charge on any atom is 0.124 e. The van der Waals surface area contributed by atoms with Crippen molar-refractivity contribution in [1.29, 1.82) is 0 Å². The molecule has 0 aromatic heterocycles. The second kappa shape index (κ2) is 5.01. The molecule has 1 saturated carbocycles. The van der Waals surface area contributed by atoms with Gasteiger partial charge in [-0.15, -0.1) is 0 Å². The molecule has 2 nitrogen and oxygen atoms in total. The van der Waals surface area contributed by atoms with E-state index in [0.717, 1.165) is 5.56 Å². The Morgan fingerprint density at radius 2 is 1.81 bits per heavy atom. The Labute approximate surface area is 129 Å². The highest BCUT2D eigenvalue weighted by Crippen LogP contribution is 2.57. The van der Waals surface area contributed by atoms with Gasteiger partial charge in [0.1, 0.15) is 5.75 Å². The number of fused-ring (bicyclic) bond motifs is 3. The number of aromatic hydroxyl groups is 1. The van der Waals surface area contributed by atoms with Crippen LogP contribution < -0.4 is 5.32 Å². The standard InChI is InChI=1S/C19H29NO/c1-11-10-14(19(2,3)4)18(21)16-15(11)12-8-6-7-9-13(12)17(16)20-5/h10,12-13,17,20-21H,6-9H2,1-5H3. The summed E-state index contributed by atoms with van der Waals surface area (Å²) in [4.78, 5) is 0. The second-order valence-electron chi connectivity index (χ2n) is 7.99. The van der Waals surface area contributed by atoms with Crippen LogP contribution in [0.2, 0.25) is 0 Å². The molecule has 0 heterocycles. The number of hydrogen-bond acceptors (Lipinski definition) is 2. The van der Waals surface area contributed by atoms with E-state index in [9.17, 15) is 5.11 Å². The number of rotatable bonds is 1. The Hall–Kier alpha value is -1.02. The number of aryl methyl sites for hydroxylation is 1. The molecule has 0 aliphatic heterocycles. The SMILES string of the molecule is CNC1c2c(O)c(C(C)(C)C)cc(C)c2C2CCCCC21. The molecular weight excluding hydrogens is 258 g/mol. The fraction of sp³-hybridized carbons (Fsp3) is 0.684. The monoisotopic (exact) mass is 287 g/mol. The summed E-state index contributed by atoms with van der Waals surface area (Å²) in [6.07, 6.45) is 5.23. The van der Waals surface area contributed by atoms with E-state index in [0.29, 0.717) is 23.6 Å². The highest BCUT2D eigenvalue weighted by Gasteiger charge is 2.44. The number of phenols is 1. The van der Waals surface area contributed by atoms with Crippen molar-refractivity contribution in [2.75, 3.05) is 7.05 Å². The molecule has 21 heavy (non-hydrogen) atoms. The Kier molecular flexibility index (Phi) is 3.56. The van der Waals surface area contributed by atoms with Crippen LogP contribution in [-0.4, -0.2) is 12.2 Å². The summed E-state index contributed by atoms with van der Waals surface area (Å²) in [6, 6.07) is 2.56. The van der Waals surface area contributed by atoms with Crippen molar-refractivity contribution in [2.45, 2.75) is 70.8 Å². The zero-order valence-electron chi connectivity index (χ0n) is 14.1. The smallest absolute Gasteiger partial charge is 0.124 e. The van der Waals surface area contributed by atoms with Crippen LogP contribution in [0.15, 0.2) is 6.07 Å². The van der Waals surface area contributed by atoms with Crippen molar-refractivity contribution in [3.8, 4) is 5.75 Å². The summed E-state index contributed by atoms with van der Waals surface area (Å²) >= 11 is 0. The molecular formula is C19H29NO. The summed E-state index contributed by atoms with van der Waals surface area (Å²) in [5.41, 5.74) is 5.11. The molecule has 0 amide bonds. The van der Waals surface area contributed by atoms with Gasteiger partial charge in [0.2, 0.25) is 0 Å². The lowest BCUT2D eigenvalue weighted by atomic mass is 9.77. The first-order chi connectivity index (χ1) is 9.86. The van der Waals surface area contributed by atoms with Gasteiger partial charge in [-0.1, -0.05) is 39.7 Å². The molecule has 2 aliphatic rings. The highest BCUT2D eigenvalue weighted by molar-refractivity contribution is 5.57. The van der Waals surface area contributed by atoms with Crippen LogP contribution in [0.1, 0.15) is 80.7 Å². The topological polar surface area (TPSA) is 32.3 Å². The van der Waals surface area contributed by atoms with E-state index in [2.05, 4.69) is 39.1 Å². The van der Waals surface area contributed by atoms with Crippen molar-refractivity contribution in [1.82, 2.24) is 5.32 Å². The van der Waals surface area contributed by atoms with Crippen molar-refractivity contribution >= 4 is 0 Å². The van der Waals surface area contributed by atoms with E-state index in [1.54, 1.807) is 0 Å². The normalized spacial score (nSPS) is 28.3. The van der Waals surface area contributed by atoms with Gasteiger partial charge in [-0.25, -0.2) is 0 Å². The number of hydrogen-bond donors (Lipinski definition) is 2. The third-order valence-corrected chi connectivity index (χ3v) is 5.63. The summed E-state index contributed by atoms with van der Waals surface area (Å²) in [6.45, 7) is 8.79. The minimum atomic E-state index is -0.0179. The van der Waals surface area contributed by atoms with Crippen LogP contribution in [0.5, 0.6) is 5.75 Å². The zero-order chi connectivity index (χ0) is 15.4. The van der Waals surface area contributed by atoms with Crippen molar-refractivity contribution in [3.63, 3.8) is 0 Å². The third kappa shape index (κ3) is 2.19.